The summed E-state index contributed by atoms with van der Waals surface area (Å²) in [4.78, 5) is 0. The Morgan fingerprint density at radius 2 is 0.472 bits per heavy atom. The van der Waals surface area contributed by atoms with Crippen LogP contribution in [0.25, 0.3) is 0 Å². The van der Waals surface area contributed by atoms with Gasteiger partial charge >= 0.3 is 0 Å². The number of hydrogen-bond acceptors (Lipinski definition) is 0. The van der Waals surface area contributed by atoms with Crippen molar-refractivity contribution in [3.8, 4) is 0 Å². The van der Waals surface area contributed by atoms with Crippen LogP contribution >= 0.6 is 0 Å². The van der Waals surface area contributed by atoms with Gasteiger partial charge in [-0.2, -0.15) is 0 Å². The van der Waals surface area contributed by atoms with Crippen molar-refractivity contribution >= 4 is 0 Å². The zero-order valence-corrected chi connectivity index (χ0v) is 26.4. The van der Waals surface area contributed by atoms with Gasteiger partial charge in [0.15, 0.2) is 0 Å². The zero-order chi connectivity index (χ0) is 26.4. The summed E-state index contributed by atoms with van der Waals surface area (Å²) < 4.78 is 0. The molecule has 0 aromatic carbocycles. The lowest BCUT2D eigenvalue weighted by Gasteiger charge is -2.22. The average molecular weight is 507 g/mol. The summed E-state index contributed by atoms with van der Waals surface area (Å²) >= 11 is 0. The van der Waals surface area contributed by atoms with Crippen molar-refractivity contribution in [2.45, 2.75) is 227 Å². The molecular weight excluding hydrogens is 432 g/mol. The summed E-state index contributed by atoms with van der Waals surface area (Å²) in [5.74, 6) is 0. The quantitative estimate of drug-likeness (QED) is 0.0820. The molecule has 36 heavy (non-hydrogen) atoms. The number of unbranched alkanes of at least 4 members (excludes halogenated alkanes) is 28. The van der Waals surface area contributed by atoms with E-state index >= 15 is 0 Å². The van der Waals surface area contributed by atoms with Crippen molar-refractivity contribution in [3.05, 3.63) is 0 Å². The predicted octanol–water partition coefficient (Wildman–Crippen LogP) is 14.1. The molecule has 0 aromatic rings. The van der Waals surface area contributed by atoms with Crippen molar-refractivity contribution < 1.29 is 0 Å². The summed E-state index contributed by atoms with van der Waals surface area (Å²) in [6.07, 6.45) is 45.7. The molecule has 0 fully saturated rings. The Balaban J connectivity index is 3.05. The Morgan fingerprint density at radius 1 is 0.278 bits per heavy atom. The fourth-order valence-electron chi connectivity index (χ4n) is 5.63. The van der Waals surface area contributed by atoms with Gasteiger partial charge in [-0.1, -0.05) is 220 Å². The summed E-state index contributed by atoms with van der Waals surface area (Å²) in [5, 5.41) is 0. The highest BCUT2D eigenvalue weighted by Crippen LogP contribution is 2.27. The largest absolute Gasteiger partial charge is 0.0654 e. The van der Waals surface area contributed by atoms with Gasteiger partial charge in [0, 0.05) is 0 Å². The lowest BCUT2D eigenvalue weighted by atomic mass is 9.84. The van der Waals surface area contributed by atoms with Crippen LogP contribution in [0.2, 0.25) is 0 Å². The molecule has 0 amide bonds. The first kappa shape index (κ1) is 36.0. The van der Waals surface area contributed by atoms with E-state index in [2.05, 4.69) is 27.7 Å². The van der Waals surface area contributed by atoms with Gasteiger partial charge < -0.3 is 0 Å². The highest BCUT2D eigenvalue weighted by atomic mass is 14.2. The molecule has 0 nitrogen and oxygen atoms in total. The van der Waals surface area contributed by atoms with Crippen molar-refractivity contribution in [3.63, 3.8) is 0 Å². The molecule has 0 aromatic heterocycles. The Kier molecular flexibility index (Phi) is 29.6. The lowest BCUT2D eigenvalue weighted by molar-refractivity contribution is 0.307. The Hall–Kier alpha value is 0. The van der Waals surface area contributed by atoms with Gasteiger partial charge in [0.05, 0.1) is 0 Å². The molecular formula is C36H74. The monoisotopic (exact) mass is 507 g/mol. The lowest BCUT2D eigenvalue weighted by Crippen LogP contribution is -2.08. The molecule has 0 aliphatic rings. The van der Waals surface area contributed by atoms with Crippen LogP contribution in [0.5, 0.6) is 0 Å². The maximum Gasteiger partial charge on any atom is -0.0357 e. The highest BCUT2D eigenvalue weighted by molar-refractivity contribution is 4.65. The van der Waals surface area contributed by atoms with Gasteiger partial charge in [0.1, 0.15) is 0 Å². The van der Waals surface area contributed by atoms with Crippen LogP contribution in [-0.4, -0.2) is 0 Å². The third-order valence-electron chi connectivity index (χ3n) is 8.91. The molecule has 0 rings (SSSR count). The molecule has 0 saturated carbocycles. The first-order valence-corrected chi connectivity index (χ1v) is 17.6. The van der Waals surface area contributed by atoms with E-state index in [0.29, 0.717) is 5.41 Å². The summed E-state index contributed by atoms with van der Waals surface area (Å²) in [6.45, 7) is 9.49. The SMILES string of the molecule is CCCCCCCCCCCCCCCCCCCCCCCCCCCCCCCC(C)(C)CC. The van der Waals surface area contributed by atoms with E-state index in [9.17, 15) is 0 Å². The van der Waals surface area contributed by atoms with Gasteiger partial charge in [-0.3, -0.25) is 0 Å². The average Bonchev–Trinajstić information content (AvgIpc) is 2.87. The van der Waals surface area contributed by atoms with E-state index in [1.807, 2.05) is 0 Å². The Morgan fingerprint density at radius 3 is 0.667 bits per heavy atom. The van der Waals surface area contributed by atoms with Crippen LogP contribution in [0.4, 0.5) is 0 Å². The normalized spacial score (nSPS) is 12.0. The molecule has 0 radical (unpaired) electrons. The van der Waals surface area contributed by atoms with E-state index in [0.717, 1.165) is 0 Å². The topological polar surface area (TPSA) is 0 Å². The van der Waals surface area contributed by atoms with Crippen LogP contribution in [-0.2, 0) is 0 Å². The molecule has 0 saturated heterocycles. The maximum atomic E-state index is 2.43. The Bertz CT molecular complexity index is 381. The number of rotatable bonds is 31. The maximum absolute atomic E-state index is 2.43. The molecule has 0 aliphatic heterocycles. The number of hydrogen-bond donors (Lipinski definition) is 0. The van der Waals surface area contributed by atoms with Crippen molar-refractivity contribution in [2.75, 3.05) is 0 Å². The minimum absolute atomic E-state index is 0.575. The molecule has 0 atom stereocenters. The molecule has 0 N–H and O–H groups in total. The second-order valence-corrected chi connectivity index (χ2v) is 13.2. The van der Waals surface area contributed by atoms with Crippen LogP contribution in [0.3, 0.4) is 0 Å². The zero-order valence-electron chi connectivity index (χ0n) is 26.4. The third kappa shape index (κ3) is 30.2. The first-order valence-electron chi connectivity index (χ1n) is 17.6. The third-order valence-corrected chi connectivity index (χ3v) is 8.91. The van der Waals surface area contributed by atoms with E-state index in [1.165, 1.54) is 199 Å². The summed E-state index contributed by atoms with van der Waals surface area (Å²) in [5.41, 5.74) is 0.575. The fraction of sp³-hybridized carbons (Fsp3) is 1.00. The van der Waals surface area contributed by atoms with E-state index < -0.39 is 0 Å². The fourth-order valence-corrected chi connectivity index (χ4v) is 5.63. The van der Waals surface area contributed by atoms with E-state index in [1.54, 1.807) is 0 Å². The van der Waals surface area contributed by atoms with Gasteiger partial charge in [0.25, 0.3) is 0 Å². The molecule has 0 spiro atoms. The molecule has 218 valence electrons. The van der Waals surface area contributed by atoms with Crippen molar-refractivity contribution in [2.24, 2.45) is 5.41 Å². The molecule has 0 aliphatic carbocycles. The molecule has 0 unspecified atom stereocenters. The summed E-state index contributed by atoms with van der Waals surface area (Å²) in [7, 11) is 0. The highest BCUT2D eigenvalue weighted by Gasteiger charge is 2.13. The second kappa shape index (κ2) is 29.6. The summed E-state index contributed by atoms with van der Waals surface area (Å²) in [6, 6.07) is 0. The van der Waals surface area contributed by atoms with Gasteiger partial charge in [0.2, 0.25) is 0 Å². The van der Waals surface area contributed by atoms with Crippen LogP contribution in [0.15, 0.2) is 0 Å². The van der Waals surface area contributed by atoms with E-state index in [-0.39, 0.29) is 0 Å². The minimum atomic E-state index is 0.575. The molecule has 0 bridgehead atoms. The van der Waals surface area contributed by atoms with Crippen LogP contribution < -0.4 is 0 Å². The minimum Gasteiger partial charge on any atom is -0.0654 e. The van der Waals surface area contributed by atoms with Crippen LogP contribution in [0, 0.1) is 5.41 Å². The standard InChI is InChI=1S/C36H74/c1-5-7-8-9-10-11-12-13-14-15-16-17-18-19-20-21-22-23-24-25-26-27-28-29-30-31-32-33-34-35-36(3,4)6-2/h5-35H2,1-4H3. The van der Waals surface area contributed by atoms with Crippen molar-refractivity contribution in [1.82, 2.24) is 0 Å². The van der Waals surface area contributed by atoms with E-state index in [4.69, 9.17) is 0 Å². The smallest absolute Gasteiger partial charge is 0.0357 e. The van der Waals surface area contributed by atoms with Gasteiger partial charge in [-0.05, 0) is 11.8 Å². The van der Waals surface area contributed by atoms with Gasteiger partial charge in [-0.15, -0.1) is 0 Å². The van der Waals surface area contributed by atoms with Crippen LogP contribution in [0.1, 0.15) is 227 Å². The first-order chi connectivity index (χ1) is 17.6. The predicted molar refractivity (Wildman–Crippen MR) is 168 cm³/mol. The second-order valence-electron chi connectivity index (χ2n) is 13.2. The van der Waals surface area contributed by atoms with Crippen molar-refractivity contribution in [1.29, 1.82) is 0 Å². The Labute approximate surface area is 232 Å². The molecule has 0 heteroatoms. The molecule has 0 heterocycles. The van der Waals surface area contributed by atoms with Gasteiger partial charge in [-0.25, -0.2) is 0 Å².